The topological polar surface area (TPSA) is 12.5 Å². The van der Waals surface area contributed by atoms with Gasteiger partial charge >= 0.3 is 0 Å². The van der Waals surface area contributed by atoms with Gasteiger partial charge in [0.25, 0.3) is 0 Å². The van der Waals surface area contributed by atoms with Gasteiger partial charge in [-0.15, -0.1) is 0 Å². The maximum atomic E-state index is 6.46. The highest BCUT2D eigenvalue weighted by molar-refractivity contribution is 5.29. The van der Waals surface area contributed by atoms with Crippen molar-refractivity contribution in [3.05, 3.63) is 11.3 Å². The Bertz CT molecular complexity index is 361. The molecule has 0 bridgehead atoms. The third-order valence-corrected chi connectivity index (χ3v) is 3.91. The average molecular weight is 267 g/mol. The van der Waals surface area contributed by atoms with Crippen LogP contribution in [0.15, 0.2) is 11.3 Å². The third kappa shape index (κ3) is 2.99. The highest BCUT2D eigenvalue weighted by Gasteiger charge is 2.46. The zero-order chi connectivity index (χ0) is 15.2. The van der Waals surface area contributed by atoms with Crippen LogP contribution in [0.2, 0.25) is 0 Å². The molecule has 1 aliphatic rings. The first-order valence-corrected chi connectivity index (χ1v) is 7.66. The molecule has 0 unspecified atom stereocenters. The van der Waals surface area contributed by atoms with E-state index in [1.165, 1.54) is 11.3 Å². The van der Waals surface area contributed by atoms with E-state index in [4.69, 9.17) is 4.74 Å². The van der Waals surface area contributed by atoms with Gasteiger partial charge < -0.3 is 9.64 Å². The van der Waals surface area contributed by atoms with Crippen LogP contribution in [0.5, 0.6) is 0 Å². The molecular weight excluding hydrogens is 234 g/mol. The van der Waals surface area contributed by atoms with Crippen molar-refractivity contribution in [2.45, 2.75) is 86.6 Å². The standard InChI is InChI=1S/C17H33NO/c1-11(2)14-15(12(3)4)18(13(5)6)17(9,10)19-16(14,7)8/h11-13H,1-10H3. The van der Waals surface area contributed by atoms with Crippen LogP contribution in [0.25, 0.3) is 0 Å². The van der Waals surface area contributed by atoms with Crippen LogP contribution in [0.1, 0.15) is 69.2 Å². The van der Waals surface area contributed by atoms with Crippen LogP contribution >= 0.6 is 0 Å². The summed E-state index contributed by atoms with van der Waals surface area (Å²) in [5.41, 5.74) is 2.49. The van der Waals surface area contributed by atoms with Crippen molar-refractivity contribution in [3.8, 4) is 0 Å². The largest absolute Gasteiger partial charge is 0.346 e. The fourth-order valence-electron chi connectivity index (χ4n) is 3.94. The molecule has 0 fully saturated rings. The molecule has 0 aromatic heterocycles. The van der Waals surface area contributed by atoms with Gasteiger partial charge in [-0.3, -0.25) is 0 Å². The molecule has 0 amide bonds. The molecule has 0 aromatic carbocycles. The number of ether oxygens (including phenoxy) is 1. The molecule has 0 N–H and O–H groups in total. The highest BCUT2D eigenvalue weighted by atomic mass is 16.5. The molecule has 2 nitrogen and oxygen atoms in total. The lowest BCUT2D eigenvalue weighted by atomic mass is 9.80. The van der Waals surface area contributed by atoms with Crippen molar-refractivity contribution in [3.63, 3.8) is 0 Å². The normalized spacial score (nSPS) is 22.9. The summed E-state index contributed by atoms with van der Waals surface area (Å²) in [6, 6.07) is 0.442. The molecule has 1 rings (SSSR count). The lowest BCUT2D eigenvalue weighted by Crippen LogP contribution is -2.59. The number of allylic oxidation sites excluding steroid dienone is 1. The van der Waals surface area contributed by atoms with Crippen molar-refractivity contribution < 1.29 is 4.74 Å². The number of hydrogen-bond donors (Lipinski definition) is 0. The van der Waals surface area contributed by atoms with Gasteiger partial charge in [0, 0.05) is 11.7 Å². The van der Waals surface area contributed by atoms with E-state index in [1.807, 2.05) is 0 Å². The van der Waals surface area contributed by atoms with Crippen LogP contribution in [0.4, 0.5) is 0 Å². The second kappa shape index (κ2) is 5.12. The Hall–Kier alpha value is -0.500. The second-order valence-corrected chi connectivity index (χ2v) is 7.63. The van der Waals surface area contributed by atoms with Crippen molar-refractivity contribution in [1.29, 1.82) is 0 Å². The molecule has 1 heterocycles. The molecular formula is C17H33NO. The molecule has 2 heteroatoms. The minimum Gasteiger partial charge on any atom is -0.346 e. The van der Waals surface area contributed by atoms with Gasteiger partial charge in [0.2, 0.25) is 0 Å². The molecule has 0 radical (unpaired) electrons. The third-order valence-electron chi connectivity index (χ3n) is 3.91. The van der Waals surface area contributed by atoms with E-state index in [1.54, 1.807) is 0 Å². The van der Waals surface area contributed by atoms with Crippen molar-refractivity contribution in [2.75, 3.05) is 0 Å². The van der Waals surface area contributed by atoms with E-state index >= 15 is 0 Å². The maximum absolute atomic E-state index is 6.46. The Morgan fingerprint density at radius 3 is 1.63 bits per heavy atom. The highest BCUT2D eigenvalue weighted by Crippen LogP contribution is 2.45. The number of nitrogens with zero attached hydrogens (tertiary/aromatic N) is 1. The van der Waals surface area contributed by atoms with Gasteiger partial charge in [0.1, 0.15) is 5.72 Å². The zero-order valence-electron chi connectivity index (χ0n) is 14.6. The molecule has 1 aliphatic heterocycles. The average Bonchev–Trinajstić information content (AvgIpc) is 2.10. The summed E-state index contributed by atoms with van der Waals surface area (Å²) in [6.07, 6.45) is 0. The summed E-state index contributed by atoms with van der Waals surface area (Å²) < 4.78 is 6.46. The lowest BCUT2D eigenvalue weighted by Gasteiger charge is -2.56. The molecule has 0 aliphatic carbocycles. The van der Waals surface area contributed by atoms with Gasteiger partial charge in [0.05, 0.1) is 5.60 Å². The summed E-state index contributed by atoms with van der Waals surface area (Å²) in [7, 11) is 0. The fourth-order valence-corrected chi connectivity index (χ4v) is 3.94. The Balaban J connectivity index is 3.57. The fraction of sp³-hybridized carbons (Fsp3) is 0.882. The maximum Gasteiger partial charge on any atom is 0.136 e. The van der Waals surface area contributed by atoms with E-state index in [9.17, 15) is 0 Å². The van der Waals surface area contributed by atoms with Crippen molar-refractivity contribution >= 4 is 0 Å². The van der Waals surface area contributed by atoms with Gasteiger partial charge in [-0.2, -0.15) is 0 Å². The van der Waals surface area contributed by atoms with Gasteiger partial charge in [0.15, 0.2) is 0 Å². The summed E-state index contributed by atoms with van der Waals surface area (Å²) in [6.45, 7) is 22.5. The predicted octanol–water partition coefficient (Wildman–Crippen LogP) is 4.81. The van der Waals surface area contributed by atoms with E-state index in [0.717, 1.165) is 0 Å². The van der Waals surface area contributed by atoms with E-state index in [0.29, 0.717) is 17.9 Å². The van der Waals surface area contributed by atoms with Crippen molar-refractivity contribution in [1.82, 2.24) is 4.90 Å². The van der Waals surface area contributed by atoms with E-state index in [-0.39, 0.29) is 11.3 Å². The molecule has 19 heavy (non-hydrogen) atoms. The smallest absolute Gasteiger partial charge is 0.136 e. The molecule has 0 atom stereocenters. The zero-order valence-corrected chi connectivity index (χ0v) is 14.6. The van der Waals surface area contributed by atoms with Crippen LogP contribution in [0, 0.1) is 11.8 Å². The Labute approximate surface area is 120 Å². The molecule has 0 aromatic rings. The van der Waals surface area contributed by atoms with Gasteiger partial charge in [-0.05, 0) is 59.0 Å². The molecule has 0 spiro atoms. The summed E-state index contributed by atoms with van der Waals surface area (Å²) in [5, 5.41) is 0. The molecule has 112 valence electrons. The summed E-state index contributed by atoms with van der Waals surface area (Å²) in [4.78, 5) is 2.47. The first-order chi connectivity index (χ1) is 8.42. The molecule has 0 saturated heterocycles. The molecule has 0 saturated carbocycles. The monoisotopic (exact) mass is 267 g/mol. The van der Waals surface area contributed by atoms with Gasteiger partial charge in [-0.1, -0.05) is 27.7 Å². The predicted molar refractivity (Wildman–Crippen MR) is 82.9 cm³/mol. The number of hydrogen-bond acceptors (Lipinski definition) is 2. The SMILES string of the molecule is CC(C)C1=C(C(C)C)C(C)(C)OC(C)(C)N1C(C)C. The first-order valence-electron chi connectivity index (χ1n) is 7.66. The minimum absolute atomic E-state index is 0.192. The van der Waals surface area contributed by atoms with E-state index in [2.05, 4.69) is 74.1 Å². The van der Waals surface area contributed by atoms with Crippen LogP contribution in [0.3, 0.4) is 0 Å². The quantitative estimate of drug-likeness (QED) is 0.727. The minimum atomic E-state index is -0.254. The van der Waals surface area contributed by atoms with E-state index < -0.39 is 0 Å². The Morgan fingerprint density at radius 2 is 1.32 bits per heavy atom. The lowest BCUT2D eigenvalue weighted by molar-refractivity contribution is -0.205. The van der Waals surface area contributed by atoms with Crippen LogP contribution in [-0.4, -0.2) is 22.3 Å². The van der Waals surface area contributed by atoms with Crippen LogP contribution in [-0.2, 0) is 4.74 Å². The number of rotatable bonds is 3. The van der Waals surface area contributed by atoms with Gasteiger partial charge in [-0.25, -0.2) is 0 Å². The Morgan fingerprint density at radius 1 is 0.842 bits per heavy atom. The Kier molecular flexibility index (Phi) is 4.46. The first kappa shape index (κ1) is 16.6. The van der Waals surface area contributed by atoms with Crippen LogP contribution < -0.4 is 0 Å². The second-order valence-electron chi connectivity index (χ2n) is 7.63. The summed E-state index contributed by atoms with van der Waals surface area (Å²) in [5.74, 6) is 1.02. The van der Waals surface area contributed by atoms with Crippen molar-refractivity contribution in [2.24, 2.45) is 11.8 Å². The summed E-state index contributed by atoms with van der Waals surface area (Å²) >= 11 is 0.